The van der Waals surface area contributed by atoms with Crippen LogP contribution >= 0.6 is 0 Å². The summed E-state index contributed by atoms with van der Waals surface area (Å²) >= 11 is 0. The molecule has 0 fully saturated rings. The monoisotopic (exact) mass is 334 g/mol. The molecule has 0 saturated carbocycles. The highest BCUT2D eigenvalue weighted by Gasteiger charge is 2.05. The maximum absolute atomic E-state index is 11.8. The van der Waals surface area contributed by atoms with Crippen LogP contribution in [-0.2, 0) is 11.3 Å². The highest BCUT2D eigenvalue weighted by molar-refractivity contribution is 5.89. The largest absolute Gasteiger partial charge is 0.347 e. The molecule has 0 unspecified atom stereocenters. The van der Waals surface area contributed by atoms with Crippen LogP contribution in [0.5, 0.6) is 0 Å². The van der Waals surface area contributed by atoms with Crippen LogP contribution < -0.4 is 5.32 Å². The van der Waals surface area contributed by atoms with Crippen LogP contribution in [0.25, 0.3) is 17.6 Å². The fraction of sp³-hybridized carbons (Fsp3) is 0.167. The molecule has 126 valence electrons. The minimum atomic E-state index is -0.242. The molecule has 2 heterocycles. The van der Waals surface area contributed by atoms with Crippen molar-refractivity contribution < 1.29 is 4.79 Å². The summed E-state index contributed by atoms with van der Waals surface area (Å²) in [5, 5.41) is 7.10. The fourth-order valence-electron chi connectivity index (χ4n) is 2.38. The van der Waals surface area contributed by atoms with E-state index in [1.807, 2.05) is 26.0 Å². The zero-order valence-corrected chi connectivity index (χ0v) is 14.0. The average molecular weight is 334 g/mol. The second kappa shape index (κ2) is 7.48. The van der Waals surface area contributed by atoms with Gasteiger partial charge >= 0.3 is 0 Å². The summed E-state index contributed by atoms with van der Waals surface area (Å²) in [6.07, 6.45) is 9.31. The number of benzene rings is 1. The van der Waals surface area contributed by atoms with Gasteiger partial charge in [-0.25, -0.2) is 9.67 Å². The molecule has 0 atom stereocenters. The third kappa shape index (κ3) is 4.57. The number of hydrogen-bond acceptors (Lipinski definition) is 5. The van der Waals surface area contributed by atoms with Crippen molar-refractivity contribution in [2.45, 2.75) is 20.4 Å². The molecule has 0 bridgehead atoms. The maximum atomic E-state index is 11.8. The molecule has 25 heavy (non-hydrogen) atoms. The van der Waals surface area contributed by atoms with Gasteiger partial charge in [-0.15, -0.1) is 5.10 Å². The van der Waals surface area contributed by atoms with Crippen molar-refractivity contribution in [2.75, 3.05) is 0 Å². The Morgan fingerprint density at radius 3 is 2.68 bits per heavy atom. The summed E-state index contributed by atoms with van der Waals surface area (Å²) in [4.78, 5) is 24.2. The van der Waals surface area contributed by atoms with Gasteiger partial charge in [0.15, 0.2) is 5.82 Å². The normalized spacial score (nSPS) is 11.0. The van der Waals surface area contributed by atoms with Gasteiger partial charge < -0.3 is 5.32 Å². The van der Waals surface area contributed by atoms with Crippen molar-refractivity contribution in [1.82, 2.24) is 30.0 Å². The molecule has 2 aromatic heterocycles. The summed E-state index contributed by atoms with van der Waals surface area (Å²) in [5.74, 6) is 0.380. The van der Waals surface area contributed by atoms with Gasteiger partial charge in [0.2, 0.25) is 5.91 Å². The number of rotatable bonds is 5. The standard InChI is InChI=1S/C18H18N6O/c1-13-7-14(2)9-15(8-13)18-22-12-24(23-18)6-3-17(25)21-11-16-10-19-4-5-20-16/h3-10,12H,11H2,1-2H3,(H,21,25)/b6-3+. The Labute approximate surface area is 145 Å². The molecule has 0 saturated heterocycles. The Hall–Kier alpha value is -3.35. The van der Waals surface area contributed by atoms with E-state index >= 15 is 0 Å². The lowest BCUT2D eigenvalue weighted by Gasteiger charge is -2.01. The van der Waals surface area contributed by atoms with Crippen molar-refractivity contribution in [1.29, 1.82) is 0 Å². The van der Waals surface area contributed by atoms with Crippen molar-refractivity contribution >= 4 is 12.1 Å². The van der Waals surface area contributed by atoms with Crippen molar-refractivity contribution in [3.8, 4) is 11.4 Å². The van der Waals surface area contributed by atoms with E-state index in [-0.39, 0.29) is 5.91 Å². The zero-order valence-electron chi connectivity index (χ0n) is 14.0. The summed E-state index contributed by atoms with van der Waals surface area (Å²) in [5.41, 5.74) is 3.97. The van der Waals surface area contributed by atoms with Gasteiger partial charge in [-0.05, 0) is 26.0 Å². The van der Waals surface area contributed by atoms with Crippen LogP contribution in [0.4, 0.5) is 0 Å². The Morgan fingerprint density at radius 2 is 1.96 bits per heavy atom. The van der Waals surface area contributed by atoms with Gasteiger partial charge in [0.05, 0.1) is 18.4 Å². The van der Waals surface area contributed by atoms with Crippen LogP contribution in [0, 0.1) is 13.8 Å². The van der Waals surface area contributed by atoms with Crippen molar-refractivity contribution in [3.63, 3.8) is 0 Å². The topological polar surface area (TPSA) is 85.6 Å². The Morgan fingerprint density at radius 1 is 1.16 bits per heavy atom. The molecule has 0 aliphatic carbocycles. The molecule has 0 aliphatic rings. The molecule has 3 rings (SSSR count). The summed E-state index contributed by atoms with van der Waals surface area (Å²) in [6, 6.07) is 6.16. The first-order valence-corrected chi connectivity index (χ1v) is 7.81. The molecular formula is C18H18N6O. The van der Waals surface area contributed by atoms with Crippen LogP contribution in [0.15, 0.2) is 49.2 Å². The van der Waals surface area contributed by atoms with Gasteiger partial charge in [0, 0.05) is 30.2 Å². The van der Waals surface area contributed by atoms with Gasteiger partial charge in [0.1, 0.15) is 6.33 Å². The van der Waals surface area contributed by atoms with E-state index in [0.29, 0.717) is 18.1 Å². The van der Waals surface area contributed by atoms with Crippen LogP contribution in [0.1, 0.15) is 16.8 Å². The predicted octanol–water partition coefficient (Wildman–Crippen LogP) is 2.14. The Bertz CT molecular complexity index is 881. The van der Waals surface area contributed by atoms with Gasteiger partial charge in [-0.3, -0.25) is 14.8 Å². The number of amides is 1. The number of nitrogens with one attached hydrogen (secondary N) is 1. The molecular weight excluding hydrogens is 316 g/mol. The molecule has 7 heteroatoms. The van der Waals surface area contributed by atoms with E-state index in [1.54, 1.807) is 31.1 Å². The number of carbonyl (C=O) groups excluding carboxylic acids is 1. The van der Waals surface area contributed by atoms with Crippen molar-refractivity contribution in [2.24, 2.45) is 0 Å². The lowest BCUT2D eigenvalue weighted by Crippen LogP contribution is -2.21. The third-order valence-electron chi connectivity index (χ3n) is 3.43. The lowest BCUT2D eigenvalue weighted by atomic mass is 10.1. The van der Waals surface area contributed by atoms with E-state index in [4.69, 9.17) is 0 Å². The smallest absolute Gasteiger partial charge is 0.245 e. The number of carbonyl (C=O) groups is 1. The van der Waals surface area contributed by atoms with E-state index in [0.717, 1.165) is 16.7 Å². The first-order valence-electron chi connectivity index (χ1n) is 7.81. The zero-order chi connectivity index (χ0) is 17.6. The molecule has 1 amide bonds. The number of nitrogens with zero attached hydrogens (tertiary/aromatic N) is 5. The van der Waals surface area contributed by atoms with Crippen LogP contribution in [-0.4, -0.2) is 30.6 Å². The number of aromatic nitrogens is 5. The SMILES string of the molecule is Cc1cc(C)cc(-c2ncn(/C=C/C(=O)NCc3cnccn3)n2)c1. The molecule has 7 nitrogen and oxygen atoms in total. The van der Waals surface area contributed by atoms with E-state index in [1.165, 1.54) is 10.8 Å². The minimum Gasteiger partial charge on any atom is -0.347 e. The van der Waals surface area contributed by atoms with E-state index < -0.39 is 0 Å². The summed E-state index contributed by atoms with van der Waals surface area (Å²) in [6.45, 7) is 4.39. The quantitative estimate of drug-likeness (QED) is 0.723. The average Bonchev–Trinajstić information content (AvgIpc) is 3.07. The lowest BCUT2D eigenvalue weighted by molar-refractivity contribution is -0.116. The fourth-order valence-corrected chi connectivity index (χ4v) is 2.38. The predicted molar refractivity (Wildman–Crippen MR) is 94.1 cm³/mol. The molecule has 0 spiro atoms. The highest BCUT2D eigenvalue weighted by Crippen LogP contribution is 2.18. The Kier molecular flexibility index (Phi) is 4.94. The van der Waals surface area contributed by atoms with Crippen molar-refractivity contribution in [3.05, 3.63) is 66.0 Å². The van der Waals surface area contributed by atoms with Gasteiger partial charge in [0.25, 0.3) is 0 Å². The molecule has 1 aromatic carbocycles. The second-order valence-electron chi connectivity index (χ2n) is 5.65. The molecule has 0 aliphatic heterocycles. The molecule has 0 radical (unpaired) electrons. The second-order valence-corrected chi connectivity index (χ2v) is 5.65. The van der Waals surface area contributed by atoms with Crippen LogP contribution in [0.3, 0.4) is 0 Å². The van der Waals surface area contributed by atoms with Gasteiger partial charge in [-0.1, -0.05) is 17.2 Å². The number of hydrogen-bond donors (Lipinski definition) is 1. The van der Waals surface area contributed by atoms with E-state index in [9.17, 15) is 4.79 Å². The third-order valence-corrected chi connectivity index (χ3v) is 3.43. The first-order chi connectivity index (χ1) is 12.1. The Balaban J connectivity index is 1.62. The summed E-state index contributed by atoms with van der Waals surface area (Å²) < 4.78 is 1.51. The minimum absolute atomic E-state index is 0.242. The van der Waals surface area contributed by atoms with Crippen LogP contribution in [0.2, 0.25) is 0 Å². The molecule has 3 aromatic rings. The summed E-state index contributed by atoms with van der Waals surface area (Å²) in [7, 11) is 0. The maximum Gasteiger partial charge on any atom is 0.245 e. The molecule has 1 N–H and O–H groups in total. The number of aryl methyl sites for hydroxylation is 2. The highest BCUT2D eigenvalue weighted by atomic mass is 16.1. The van der Waals surface area contributed by atoms with Gasteiger partial charge in [-0.2, -0.15) is 0 Å². The first kappa shape index (κ1) is 16.5. The van der Waals surface area contributed by atoms with E-state index in [2.05, 4.69) is 31.4 Å².